The molecule has 1 aliphatic heterocycles. The Kier molecular flexibility index (Phi) is 6.34. The molecule has 0 bridgehead atoms. The van der Waals surface area contributed by atoms with Crippen LogP contribution >= 0.6 is 0 Å². The molecule has 1 heterocycles. The monoisotopic (exact) mass is 388 g/mol. The molecule has 7 heteroatoms. The number of carbonyl (C=O) groups is 1. The first-order chi connectivity index (χ1) is 14.1. The minimum absolute atomic E-state index is 0.0689. The van der Waals surface area contributed by atoms with Gasteiger partial charge in [-0.05, 0) is 42.8 Å². The van der Waals surface area contributed by atoms with Crippen molar-refractivity contribution in [2.75, 3.05) is 24.5 Å². The van der Waals surface area contributed by atoms with E-state index in [4.69, 9.17) is 9.84 Å². The molecule has 29 heavy (non-hydrogen) atoms. The number of rotatable bonds is 6. The highest BCUT2D eigenvalue weighted by atomic mass is 16.5. The number of ether oxygens (including phenoxy) is 1. The second-order valence-electron chi connectivity index (χ2n) is 6.61. The molecular weight excluding hydrogens is 368 g/mol. The molecule has 1 unspecified atom stereocenters. The third-order valence-corrected chi connectivity index (χ3v) is 4.71. The van der Waals surface area contributed by atoms with Crippen LogP contribution in [0.2, 0.25) is 0 Å². The molecule has 2 aromatic carbocycles. The molecule has 0 aromatic heterocycles. The van der Waals surface area contributed by atoms with Crippen molar-refractivity contribution in [1.82, 2.24) is 4.90 Å². The second-order valence-corrected chi connectivity index (χ2v) is 6.61. The normalized spacial score (nSPS) is 16.0. The van der Waals surface area contributed by atoms with Gasteiger partial charge < -0.3 is 19.6 Å². The predicted octanol–water partition coefficient (Wildman–Crippen LogP) is 4.22. The van der Waals surface area contributed by atoms with Crippen molar-refractivity contribution in [3.05, 3.63) is 66.4 Å². The number of anilines is 1. The maximum atomic E-state index is 11.1. The summed E-state index contributed by atoms with van der Waals surface area (Å²) in [5, 5.41) is 27.9. The molecule has 1 aliphatic rings. The molecule has 0 saturated carbocycles. The molecule has 7 nitrogen and oxygen atoms in total. The fourth-order valence-corrected chi connectivity index (χ4v) is 3.20. The Hall–Kier alpha value is -3.97. The van der Waals surface area contributed by atoms with Gasteiger partial charge in [0.1, 0.15) is 18.0 Å². The van der Waals surface area contributed by atoms with Crippen molar-refractivity contribution in [3.8, 4) is 23.6 Å². The second kappa shape index (κ2) is 9.29. The first-order valence-corrected chi connectivity index (χ1v) is 9.17. The van der Waals surface area contributed by atoms with Crippen LogP contribution in [0.15, 0.2) is 66.4 Å². The fraction of sp³-hybridized carbons (Fsp3) is 0.227. The molecule has 1 saturated heterocycles. The van der Waals surface area contributed by atoms with E-state index in [2.05, 4.69) is 12.1 Å². The van der Waals surface area contributed by atoms with Crippen molar-refractivity contribution < 1.29 is 14.6 Å². The molecule has 1 N–H and O–H groups in total. The van der Waals surface area contributed by atoms with Gasteiger partial charge in [-0.3, -0.25) is 0 Å². The van der Waals surface area contributed by atoms with E-state index in [0.29, 0.717) is 30.8 Å². The largest absolute Gasteiger partial charge is 0.465 e. The van der Waals surface area contributed by atoms with E-state index >= 15 is 0 Å². The molecular formula is C22H20N4O3. The van der Waals surface area contributed by atoms with Crippen LogP contribution in [-0.4, -0.2) is 35.7 Å². The first-order valence-electron chi connectivity index (χ1n) is 9.17. The molecule has 1 atom stereocenters. The lowest BCUT2D eigenvalue weighted by molar-refractivity contribution is 0.154. The Morgan fingerprint density at radius 3 is 2.45 bits per heavy atom. The van der Waals surface area contributed by atoms with E-state index in [1.807, 2.05) is 42.5 Å². The average Bonchev–Trinajstić information content (AvgIpc) is 3.23. The van der Waals surface area contributed by atoms with Crippen LogP contribution in [0.25, 0.3) is 0 Å². The summed E-state index contributed by atoms with van der Waals surface area (Å²) in [6.45, 7) is 0.765. The Morgan fingerprint density at radius 2 is 1.86 bits per heavy atom. The van der Waals surface area contributed by atoms with Crippen LogP contribution in [0.4, 0.5) is 10.5 Å². The number of benzene rings is 2. The van der Waals surface area contributed by atoms with Gasteiger partial charge in [-0.25, -0.2) is 4.79 Å². The lowest BCUT2D eigenvalue weighted by atomic mass is 10.00. The van der Waals surface area contributed by atoms with E-state index in [0.717, 1.165) is 11.4 Å². The van der Waals surface area contributed by atoms with E-state index < -0.39 is 6.09 Å². The zero-order valence-electron chi connectivity index (χ0n) is 15.7. The van der Waals surface area contributed by atoms with Gasteiger partial charge in [0.25, 0.3) is 0 Å². The molecule has 0 aliphatic carbocycles. The summed E-state index contributed by atoms with van der Waals surface area (Å²) in [5.41, 5.74) is 1.21. The predicted molar refractivity (Wildman–Crippen MR) is 107 cm³/mol. The van der Waals surface area contributed by atoms with Crippen LogP contribution < -0.4 is 9.64 Å². The number of nitriles is 2. The zero-order chi connectivity index (χ0) is 20.6. The third-order valence-electron chi connectivity index (χ3n) is 4.71. The molecule has 0 radical (unpaired) electrons. The molecule has 1 amide bonds. The fourth-order valence-electron chi connectivity index (χ4n) is 3.20. The molecule has 3 rings (SSSR count). The van der Waals surface area contributed by atoms with Crippen molar-refractivity contribution in [2.45, 2.75) is 6.42 Å². The molecule has 146 valence electrons. The third kappa shape index (κ3) is 5.06. The number of carboxylic acid groups (broad SMARTS) is 1. The molecule has 2 aromatic rings. The number of para-hydroxylation sites is 1. The van der Waals surface area contributed by atoms with Gasteiger partial charge in [-0.15, -0.1) is 0 Å². The minimum Gasteiger partial charge on any atom is -0.465 e. The summed E-state index contributed by atoms with van der Waals surface area (Å²) in [7, 11) is 0. The van der Waals surface area contributed by atoms with E-state index in [1.54, 1.807) is 23.2 Å². The number of nitrogens with zero attached hydrogens (tertiary/aromatic N) is 4. The maximum Gasteiger partial charge on any atom is 0.407 e. The zero-order valence-corrected chi connectivity index (χ0v) is 15.7. The summed E-state index contributed by atoms with van der Waals surface area (Å²) in [6.07, 6.45) is 1.26. The van der Waals surface area contributed by atoms with Crippen molar-refractivity contribution in [1.29, 1.82) is 10.5 Å². The lowest BCUT2D eigenvalue weighted by Crippen LogP contribution is -2.27. The minimum atomic E-state index is -0.979. The molecule has 1 fully saturated rings. The van der Waals surface area contributed by atoms with Crippen LogP contribution in [0.5, 0.6) is 11.5 Å². The summed E-state index contributed by atoms with van der Waals surface area (Å²) in [4.78, 5) is 14.1. The number of hydrogen-bond acceptors (Lipinski definition) is 5. The summed E-state index contributed by atoms with van der Waals surface area (Å²) in [6, 6.07) is 20.9. The SMILES string of the molecule is N#CCN(/C=C(\C#N)C1CCN(C(=O)O)C1)c1ccc(Oc2ccccc2)cc1. The van der Waals surface area contributed by atoms with Gasteiger partial charge in [0.2, 0.25) is 0 Å². The van der Waals surface area contributed by atoms with Crippen LogP contribution in [0.1, 0.15) is 6.42 Å². The van der Waals surface area contributed by atoms with Gasteiger partial charge in [-0.1, -0.05) is 18.2 Å². The van der Waals surface area contributed by atoms with Crippen molar-refractivity contribution in [3.63, 3.8) is 0 Å². The Morgan fingerprint density at radius 1 is 1.17 bits per heavy atom. The van der Waals surface area contributed by atoms with Crippen molar-refractivity contribution >= 4 is 11.8 Å². The smallest absolute Gasteiger partial charge is 0.407 e. The Labute approximate surface area is 169 Å². The van der Waals surface area contributed by atoms with Gasteiger partial charge in [0.05, 0.1) is 17.7 Å². The highest BCUT2D eigenvalue weighted by molar-refractivity contribution is 5.65. The lowest BCUT2D eigenvalue weighted by Gasteiger charge is -2.20. The van der Waals surface area contributed by atoms with Crippen molar-refractivity contribution in [2.24, 2.45) is 5.92 Å². The summed E-state index contributed by atoms with van der Waals surface area (Å²) >= 11 is 0. The Balaban J connectivity index is 1.76. The summed E-state index contributed by atoms with van der Waals surface area (Å²) in [5.74, 6) is 1.22. The van der Waals surface area contributed by atoms with E-state index in [1.165, 1.54) is 4.90 Å². The van der Waals surface area contributed by atoms with Gasteiger partial charge in [-0.2, -0.15) is 10.5 Å². The Bertz CT molecular complexity index is 958. The van der Waals surface area contributed by atoms with Crippen LogP contribution in [-0.2, 0) is 0 Å². The van der Waals surface area contributed by atoms with Gasteiger partial charge in [0, 0.05) is 30.9 Å². The van der Waals surface area contributed by atoms with E-state index in [-0.39, 0.29) is 12.5 Å². The highest BCUT2D eigenvalue weighted by Gasteiger charge is 2.29. The van der Waals surface area contributed by atoms with Crippen LogP contribution in [0.3, 0.4) is 0 Å². The number of likely N-dealkylation sites (tertiary alicyclic amines) is 1. The molecule has 0 spiro atoms. The first kappa shape index (κ1) is 19.8. The van der Waals surface area contributed by atoms with Gasteiger partial charge >= 0.3 is 6.09 Å². The quantitative estimate of drug-likeness (QED) is 0.587. The van der Waals surface area contributed by atoms with Gasteiger partial charge in [0.15, 0.2) is 0 Å². The van der Waals surface area contributed by atoms with E-state index in [9.17, 15) is 15.3 Å². The topological polar surface area (TPSA) is 101 Å². The number of amides is 1. The number of hydrogen-bond donors (Lipinski definition) is 1. The average molecular weight is 388 g/mol. The highest BCUT2D eigenvalue weighted by Crippen LogP contribution is 2.27. The maximum absolute atomic E-state index is 11.1. The van der Waals surface area contributed by atoms with Crippen LogP contribution in [0, 0.1) is 28.6 Å². The summed E-state index contributed by atoms with van der Waals surface area (Å²) < 4.78 is 5.78. The standard InChI is InChI=1S/C22H20N4O3/c23-11-13-25(16-18(14-24)17-10-12-26(15-17)22(27)28)19-6-8-21(9-7-19)29-20-4-2-1-3-5-20/h1-9,16-17H,10,12-13,15H2,(H,27,28)/b18-16+.